The lowest BCUT2D eigenvalue weighted by Gasteiger charge is -2.00. The van der Waals surface area contributed by atoms with Gasteiger partial charge in [-0.2, -0.15) is 5.10 Å². The molecule has 78 valence electrons. The van der Waals surface area contributed by atoms with Crippen molar-refractivity contribution in [3.8, 4) is 5.75 Å². The molecule has 0 radical (unpaired) electrons. The summed E-state index contributed by atoms with van der Waals surface area (Å²) >= 11 is 0. The molecule has 0 fully saturated rings. The van der Waals surface area contributed by atoms with Gasteiger partial charge >= 0.3 is 6.09 Å². The van der Waals surface area contributed by atoms with Crippen molar-refractivity contribution >= 4 is 6.09 Å². The van der Waals surface area contributed by atoms with E-state index in [0.29, 0.717) is 12.3 Å². The Bertz CT molecular complexity index is 296. The van der Waals surface area contributed by atoms with Gasteiger partial charge in [0.1, 0.15) is 0 Å². The Morgan fingerprint density at radius 2 is 2.43 bits per heavy atom. The van der Waals surface area contributed by atoms with Crippen molar-refractivity contribution < 1.29 is 9.53 Å². The largest absolute Gasteiger partial charge is 0.412 e. The number of rotatable bonds is 4. The molecule has 0 unspecified atom stereocenters. The van der Waals surface area contributed by atoms with Crippen molar-refractivity contribution in [2.45, 2.75) is 26.8 Å². The van der Waals surface area contributed by atoms with Gasteiger partial charge in [0, 0.05) is 13.1 Å². The van der Waals surface area contributed by atoms with Crippen molar-refractivity contribution in [1.29, 1.82) is 0 Å². The maximum atomic E-state index is 11.0. The van der Waals surface area contributed by atoms with E-state index in [-0.39, 0.29) is 0 Å². The van der Waals surface area contributed by atoms with Crippen LogP contribution in [0.2, 0.25) is 0 Å². The lowest BCUT2D eigenvalue weighted by Crippen LogP contribution is -2.26. The van der Waals surface area contributed by atoms with Gasteiger partial charge < -0.3 is 10.1 Å². The number of hydrogen-bond donors (Lipinski definition) is 1. The van der Waals surface area contributed by atoms with E-state index in [1.165, 1.54) is 6.20 Å². The molecule has 1 rings (SSSR count). The van der Waals surface area contributed by atoms with Gasteiger partial charge in [0.25, 0.3) is 0 Å². The Hall–Kier alpha value is -1.52. The smallest absolute Gasteiger partial charge is 0.407 e. The van der Waals surface area contributed by atoms with Crippen molar-refractivity contribution in [1.82, 2.24) is 15.1 Å². The molecule has 5 heteroatoms. The summed E-state index contributed by atoms with van der Waals surface area (Å²) in [6, 6.07) is 0. The van der Waals surface area contributed by atoms with E-state index in [1.807, 2.05) is 6.92 Å². The number of carbonyl (C=O) groups is 1. The molecule has 1 amide bonds. The summed E-state index contributed by atoms with van der Waals surface area (Å²) < 4.78 is 6.69. The third kappa shape index (κ3) is 3.08. The van der Waals surface area contributed by atoms with Gasteiger partial charge in [-0.15, -0.1) is 0 Å². The molecule has 0 saturated carbocycles. The molecule has 0 aliphatic rings. The van der Waals surface area contributed by atoms with Crippen LogP contribution in [0.5, 0.6) is 5.75 Å². The second-order valence-electron chi connectivity index (χ2n) is 2.86. The summed E-state index contributed by atoms with van der Waals surface area (Å²) in [5.74, 6) is 0.476. The van der Waals surface area contributed by atoms with Crippen LogP contribution in [0, 0.1) is 0 Å². The molecule has 0 aliphatic heterocycles. The van der Waals surface area contributed by atoms with Crippen molar-refractivity contribution in [2.75, 3.05) is 6.54 Å². The fraction of sp³-hybridized carbons (Fsp3) is 0.556. The third-order valence-electron chi connectivity index (χ3n) is 1.59. The predicted molar refractivity (Wildman–Crippen MR) is 52.2 cm³/mol. The van der Waals surface area contributed by atoms with Crippen LogP contribution in [-0.4, -0.2) is 22.4 Å². The molecular formula is C9H15N3O2. The molecule has 0 bridgehead atoms. The zero-order valence-electron chi connectivity index (χ0n) is 8.49. The minimum absolute atomic E-state index is 0.441. The Labute approximate surface area is 83.1 Å². The highest BCUT2D eigenvalue weighted by molar-refractivity contribution is 5.69. The molecule has 0 atom stereocenters. The summed E-state index contributed by atoms with van der Waals surface area (Å²) in [6.07, 6.45) is 3.80. The standard InChI is InChI=1S/C9H15N3O2/c1-3-5-12-7-8(6-11-12)14-9(13)10-4-2/h6-7H,3-5H2,1-2H3,(H,10,13). The summed E-state index contributed by atoms with van der Waals surface area (Å²) in [6.45, 7) is 5.29. The molecule has 0 spiro atoms. The van der Waals surface area contributed by atoms with E-state index >= 15 is 0 Å². The molecule has 0 aromatic carbocycles. The lowest BCUT2D eigenvalue weighted by molar-refractivity contribution is 0.201. The first-order valence-corrected chi connectivity index (χ1v) is 4.74. The van der Waals surface area contributed by atoms with E-state index < -0.39 is 6.09 Å². The minimum Gasteiger partial charge on any atom is -0.407 e. The minimum atomic E-state index is -0.441. The van der Waals surface area contributed by atoms with E-state index in [4.69, 9.17) is 4.74 Å². The Morgan fingerprint density at radius 3 is 3.07 bits per heavy atom. The maximum Gasteiger partial charge on any atom is 0.412 e. The van der Waals surface area contributed by atoms with Crippen molar-refractivity contribution in [2.24, 2.45) is 0 Å². The predicted octanol–water partition coefficient (Wildman–Crippen LogP) is 1.40. The molecule has 1 aromatic rings. The van der Waals surface area contributed by atoms with Gasteiger partial charge in [0.15, 0.2) is 5.75 Å². The van der Waals surface area contributed by atoms with Crippen molar-refractivity contribution in [3.05, 3.63) is 12.4 Å². The van der Waals surface area contributed by atoms with E-state index in [9.17, 15) is 4.79 Å². The van der Waals surface area contributed by atoms with Gasteiger partial charge in [0.2, 0.25) is 0 Å². The number of ether oxygens (including phenoxy) is 1. The molecule has 1 N–H and O–H groups in total. The highest BCUT2D eigenvalue weighted by Crippen LogP contribution is 2.08. The van der Waals surface area contributed by atoms with Crippen LogP contribution in [0.4, 0.5) is 4.79 Å². The first-order chi connectivity index (χ1) is 6.76. The molecule has 0 aliphatic carbocycles. The number of aryl methyl sites for hydroxylation is 1. The number of amides is 1. The van der Waals surface area contributed by atoms with Gasteiger partial charge in [-0.3, -0.25) is 4.68 Å². The highest BCUT2D eigenvalue weighted by atomic mass is 16.6. The fourth-order valence-corrected chi connectivity index (χ4v) is 1.04. The molecule has 1 aromatic heterocycles. The monoisotopic (exact) mass is 197 g/mol. The fourth-order valence-electron chi connectivity index (χ4n) is 1.04. The van der Waals surface area contributed by atoms with Crippen LogP contribution in [0.1, 0.15) is 20.3 Å². The number of carbonyl (C=O) groups excluding carboxylic acids is 1. The first-order valence-electron chi connectivity index (χ1n) is 4.74. The van der Waals surface area contributed by atoms with E-state index in [2.05, 4.69) is 17.3 Å². The van der Waals surface area contributed by atoms with E-state index in [0.717, 1.165) is 13.0 Å². The average Bonchev–Trinajstić information content (AvgIpc) is 2.53. The van der Waals surface area contributed by atoms with Gasteiger partial charge in [0.05, 0.1) is 12.4 Å². The zero-order valence-corrected chi connectivity index (χ0v) is 8.49. The Balaban J connectivity index is 2.46. The molecule has 0 saturated heterocycles. The second-order valence-corrected chi connectivity index (χ2v) is 2.86. The van der Waals surface area contributed by atoms with Crippen LogP contribution in [0.15, 0.2) is 12.4 Å². The van der Waals surface area contributed by atoms with Crippen molar-refractivity contribution in [3.63, 3.8) is 0 Å². The maximum absolute atomic E-state index is 11.0. The summed E-state index contributed by atoms with van der Waals surface area (Å²) in [7, 11) is 0. The third-order valence-corrected chi connectivity index (χ3v) is 1.59. The van der Waals surface area contributed by atoms with E-state index in [1.54, 1.807) is 10.9 Å². The summed E-state index contributed by atoms with van der Waals surface area (Å²) in [4.78, 5) is 11.0. The number of nitrogens with one attached hydrogen (secondary N) is 1. The highest BCUT2D eigenvalue weighted by Gasteiger charge is 2.04. The van der Waals surface area contributed by atoms with Gasteiger partial charge in [-0.25, -0.2) is 4.79 Å². The molecular weight excluding hydrogens is 182 g/mol. The van der Waals surface area contributed by atoms with Crippen LogP contribution in [-0.2, 0) is 6.54 Å². The SMILES string of the molecule is CCCn1cc(OC(=O)NCC)cn1. The van der Waals surface area contributed by atoms with Crippen LogP contribution < -0.4 is 10.1 Å². The van der Waals surface area contributed by atoms with Gasteiger partial charge in [-0.05, 0) is 13.3 Å². The zero-order chi connectivity index (χ0) is 10.4. The average molecular weight is 197 g/mol. The van der Waals surface area contributed by atoms with Crippen LogP contribution >= 0.6 is 0 Å². The number of hydrogen-bond acceptors (Lipinski definition) is 3. The summed E-state index contributed by atoms with van der Waals surface area (Å²) in [5, 5.41) is 6.57. The normalized spacial score (nSPS) is 9.86. The number of aromatic nitrogens is 2. The number of nitrogens with zero attached hydrogens (tertiary/aromatic N) is 2. The molecule has 5 nitrogen and oxygen atoms in total. The van der Waals surface area contributed by atoms with Crippen LogP contribution in [0.25, 0.3) is 0 Å². The summed E-state index contributed by atoms with van der Waals surface area (Å²) in [5.41, 5.74) is 0. The van der Waals surface area contributed by atoms with Gasteiger partial charge in [-0.1, -0.05) is 6.92 Å². The van der Waals surface area contributed by atoms with Crippen LogP contribution in [0.3, 0.4) is 0 Å². The first kappa shape index (κ1) is 10.6. The topological polar surface area (TPSA) is 56.1 Å². The molecule has 1 heterocycles. The quantitative estimate of drug-likeness (QED) is 0.793. The molecule has 14 heavy (non-hydrogen) atoms. The second kappa shape index (κ2) is 5.26. The Morgan fingerprint density at radius 1 is 1.64 bits per heavy atom. The lowest BCUT2D eigenvalue weighted by atomic mass is 10.5. The Kier molecular flexibility index (Phi) is 3.97.